The smallest absolute Gasteiger partial charge is 0.240 e. The third-order valence-corrected chi connectivity index (χ3v) is 5.13. The number of ether oxygens (including phenoxy) is 2. The van der Waals surface area contributed by atoms with Gasteiger partial charge in [-0.1, -0.05) is 0 Å². The van der Waals surface area contributed by atoms with E-state index in [0.717, 1.165) is 48.6 Å². The summed E-state index contributed by atoms with van der Waals surface area (Å²) in [6.07, 6.45) is 1.80. The molecule has 0 atom stereocenters. The monoisotopic (exact) mass is 414 g/mol. The zero-order valence-electron chi connectivity index (χ0n) is 14.4. The molecule has 1 aliphatic rings. The summed E-state index contributed by atoms with van der Waals surface area (Å²) in [6, 6.07) is 14.1. The van der Waals surface area contributed by atoms with Crippen LogP contribution in [-0.2, 0) is 4.74 Å². The molecular weight excluding hydrogens is 396 g/mol. The van der Waals surface area contributed by atoms with Crippen LogP contribution < -0.4 is 13.6 Å². The van der Waals surface area contributed by atoms with Crippen LogP contribution in [0, 0.1) is 0 Å². The molecule has 134 valence electrons. The van der Waals surface area contributed by atoms with Crippen LogP contribution in [-0.4, -0.2) is 43.4 Å². The van der Waals surface area contributed by atoms with Crippen molar-refractivity contribution in [3.8, 4) is 5.75 Å². The molecule has 7 heteroatoms. The number of halogens is 1. The summed E-state index contributed by atoms with van der Waals surface area (Å²) in [4.78, 5) is 11.4. The molecule has 0 spiro atoms. The van der Waals surface area contributed by atoms with Gasteiger partial charge in [-0.15, -0.1) is 0 Å². The second kappa shape index (κ2) is 7.47. The number of aromatic nitrogens is 2. The van der Waals surface area contributed by atoms with E-state index in [4.69, 9.17) is 9.47 Å². The van der Waals surface area contributed by atoms with E-state index in [9.17, 15) is 0 Å². The van der Waals surface area contributed by atoms with Crippen LogP contribution in [0.5, 0.6) is 5.75 Å². The molecule has 0 aliphatic carbocycles. The largest absolute Gasteiger partial charge is 0.497 e. The summed E-state index contributed by atoms with van der Waals surface area (Å²) in [7, 11) is 1.65. The number of morpholine rings is 1. The van der Waals surface area contributed by atoms with Gasteiger partial charge >= 0.3 is 0 Å². The summed E-state index contributed by atoms with van der Waals surface area (Å²) in [6.45, 7) is 3.41. The molecule has 0 unspecified atom stereocenters. The molecule has 2 heterocycles. The molecule has 4 rings (SSSR count). The third kappa shape index (κ3) is 3.45. The van der Waals surface area contributed by atoms with E-state index in [1.165, 1.54) is 5.69 Å². The highest BCUT2D eigenvalue weighted by molar-refractivity contribution is 9.10. The normalized spacial score (nSPS) is 14.5. The van der Waals surface area contributed by atoms with Crippen LogP contribution >= 0.6 is 16.1 Å². The van der Waals surface area contributed by atoms with Gasteiger partial charge in [0.05, 0.1) is 47.7 Å². The minimum absolute atomic E-state index is 0.585. The predicted molar refractivity (Wildman–Crippen MR) is 107 cm³/mol. The molecule has 26 heavy (non-hydrogen) atoms. The SMILES string of the molecule is COc1ccc2nc(N(Br)c3ccc(N4CCOCC4)cc3)ncc2c1. The summed E-state index contributed by atoms with van der Waals surface area (Å²) in [5.74, 6) is 1.38. The average Bonchev–Trinajstić information content (AvgIpc) is 2.73. The number of nitrogens with zero attached hydrogens (tertiary/aromatic N) is 4. The van der Waals surface area contributed by atoms with Crippen molar-refractivity contribution >= 4 is 44.4 Å². The molecule has 1 aromatic heterocycles. The van der Waals surface area contributed by atoms with Gasteiger partial charge in [0, 0.05) is 30.4 Å². The fourth-order valence-corrected chi connectivity index (χ4v) is 3.36. The van der Waals surface area contributed by atoms with Gasteiger partial charge in [-0.3, -0.25) is 0 Å². The lowest BCUT2D eigenvalue weighted by Gasteiger charge is -2.29. The Balaban J connectivity index is 1.56. The number of methoxy groups -OCH3 is 1. The molecule has 6 nitrogen and oxygen atoms in total. The summed E-state index contributed by atoms with van der Waals surface area (Å²) in [5.41, 5.74) is 3.03. The predicted octanol–water partition coefficient (Wildman–Crippen LogP) is 3.92. The van der Waals surface area contributed by atoms with Crippen LogP contribution in [0.25, 0.3) is 10.9 Å². The minimum Gasteiger partial charge on any atom is -0.497 e. The maximum absolute atomic E-state index is 5.41. The van der Waals surface area contributed by atoms with Gasteiger partial charge in [-0.05, 0) is 42.5 Å². The first-order chi connectivity index (χ1) is 12.7. The summed E-state index contributed by atoms with van der Waals surface area (Å²) in [5, 5.41) is 0.941. The Kier molecular flexibility index (Phi) is 4.90. The van der Waals surface area contributed by atoms with Crippen LogP contribution in [0.4, 0.5) is 17.3 Å². The van der Waals surface area contributed by atoms with E-state index >= 15 is 0 Å². The van der Waals surface area contributed by atoms with Crippen molar-refractivity contribution in [3.63, 3.8) is 0 Å². The summed E-state index contributed by atoms with van der Waals surface area (Å²) < 4.78 is 12.5. The van der Waals surface area contributed by atoms with E-state index in [1.54, 1.807) is 17.2 Å². The molecule has 0 amide bonds. The fourth-order valence-electron chi connectivity index (χ4n) is 2.95. The number of rotatable bonds is 4. The van der Waals surface area contributed by atoms with Gasteiger partial charge in [-0.25, -0.2) is 13.9 Å². The Morgan fingerprint density at radius 3 is 2.62 bits per heavy atom. The van der Waals surface area contributed by atoms with E-state index in [1.807, 2.05) is 18.2 Å². The lowest BCUT2D eigenvalue weighted by Crippen LogP contribution is -2.36. The standard InChI is InChI=1S/C19H19BrN4O2/c1-25-17-6-7-18-14(12-17)13-21-19(22-18)24(20)16-4-2-15(3-5-16)23-8-10-26-11-9-23/h2-7,12-13H,8-11H2,1H3. The zero-order valence-corrected chi connectivity index (χ0v) is 16.0. The Hall–Kier alpha value is -2.38. The van der Waals surface area contributed by atoms with Crippen molar-refractivity contribution in [3.05, 3.63) is 48.7 Å². The molecule has 3 aromatic rings. The number of hydrogen-bond donors (Lipinski definition) is 0. The first-order valence-corrected chi connectivity index (χ1v) is 9.15. The zero-order chi connectivity index (χ0) is 17.9. The van der Waals surface area contributed by atoms with Gasteiger partial charge < -0.3 is 14.4 Å². The molecule has 0 bridgehead atoms. The minimum atomic E-state index is 0.585. The van der Waals surface area contributed by atoms with E-state index in [0.29, 0.717) is 5.95 Å². The topological polar surface area (TPSA) is 50.7 Å². The maximum atomic E-state index is 5.41. The first kappa shape index (κ1) is 17.1. The van der Waals surface area contributed by atoms with Crippen LogP contribution in [0.2, 0.25) is 0 Å². The molecule has 0 N–H and O–H groups in total. The molecule has 0 saturated carbocycles. The highest BCUT2D eigenvalue weighted by Crippen LogP contribution is 2.30. The van der Waals surface area contributed by atoms with Crippen molar-refractivity contribution in [1.29, 1.82) is 0 Å². The van der Waals surface area contributed by atoms with E-state index in [2.05, 4.69) is 55.3 Å². The third-order valence-electron chi connectivity index (χ3n) is 4.40. The van der Waals surface area contributed by atoms with Gasteiger partial charge in [0.1, 0.15) is 5.75 Å². The lowest BCUT2D eigenvalue weighted by atomic mass is 10.2. The number of hydrogen-bond acceptors (Lipinski definition) is 6. The number of anilines is 3. The Bertz CT molecular complexity index is 898. The van der Waals surface area contributed by atoms with Crippen molar-refractivity contribution in [2.75, 3.05) is 42.2 Å². The second-order valence-corrected chi connectivity index (χ2v) is 6.70. The van der Waals surface area contributed by atoms with Crippen LogP contribution in [0.15, 0.2) is 48.7 Å². The van der Waals surface area contributed by atoms with E-state index < -0.39 is 0 Å². The van der Waals surface area contributed by atoms with Gasteiger partial charge in [0.15, 0.2) is 0 Å². The number of benzene rings is 2. The second-order valence-electron chi connectivity index (χ2n) is 5.99. The molecular formula is C19H19BrN4O2. The summed E-state index contributed by atoms with van der Waals surface area (Å²) >= 11 is 3.58. The molecule has 0 radical (unpaired) electrons. The van der Waals surface area contributed by atoms with Crippen molar-refractivity contribution in [1.82, 2.24) is 9.97 Å². The average molecular weight is 415 g/mol. The van der Waals surface area contributed by atoms with Crippen LogP contribution in [0.1, 0.15) is 0 Å². The molecule has 2 aromatic carbocycles. The van der Waals surface area contributed by atoms with E-state index in [-0.39, 0.29) is 0 Å². The van der Waals surface area contributed by atoms with Crippen molar-refractivity contribution in [2.45, 2.75) is 0 Å². The lowest BCUT2D eigenvalue weighted by molar-refractivity contribution is 0.122. The van der Waals surface area contributed by atoms with Crippen LogP contribution in [0.3, 0.4) is 0 Å². The fraction of sp³-hybridized carbons (Fsp3) is 0.263. The molecule has 1 saturated heterocycles. The molecule has 1 aliphatic heterocycles. The maximum Gasteiger partial charge on any atom is 0.240 e. The number of fused-ring (bicyclic) bond motifs is 1. The highest BCUT2D eigenvalue weighted by atomic mass is 79.9. The Labute approximate surface area is 160 Å². The van der Waals surface area contributed by atoms with Crippen molar-refractivity contribution < 1.29 is 9.47 Å². The molecule has 1 fully saturated rings. The quantitative estimate of drug-likeness (QED) is 0.602. The van der Waals surface area contributed by atoms with Gasteiger partial charge in [0.25, 0.3) is 0 Å². The van der Waals surface area contributed by atoms with Gasteiger partial charge in [-0.2, -0.15) is 0 Å². The Morgan fingerprint density at radius 2 is 1.88 bits per heavy atom. The van der Waals surface area contributed by atoms with Gasteiger partial charge in [0.2, 0.25) is 5.95 Å². The van der Waals surface area contributed by atoms with Crippen molar-refractivity contribution in [2.24, 2.45) is 0 Å². The first-order valence-electron chi connectivity index (χ1n) is 8.44. The highest BCUT2D eigenvalue weighted by Gasteiger charge is 2.14. The Morgan fingerprint density at radius 1 is 1.12 bits per heavy atom.